The van der Waals surface area contributed by atoms with Crippen LogP contribution in [0.5, 0.6) is 0 Å². The number of sulfonamides is 1. The summed E-state index contributed by atoms with van der Waals surface area (Å²) in [6.07, 6.45) is 0.364. The minimum atomic E-state index is -4.09. The van der Waals surface area contributed by atoms with Crippen LogP contribution in [0.15, 0.2) is 88.2 Å². The maximum atomic E-state index is 14.1. The molecule has 0 heterocycles. The summed E-state index contributed by atoms with van der Waals surface area (Å²) < 4.78 is 29.5. The number of halogens is 1. The highest BCUT2D eigenvalue weighted by Crippen LogP contribution is 2.26. The van der Waals surface area contributed by atoms with Crippen LogP contribution in [0.1, 0.15) is 45.2 Å². The van der Waals surface area contributed by atoms with Gasteiger partial charge in [0.1, 0.15) is 12.6 Å². The number of anilines is 1. The van der Waals surface area contributed by atoms with E-state index in [4.69, 9.17) is 0 Å². The molecule has 39 heavy (non-hydrogen) atoms. The Kier molecular flexibility index (Phi) is 9.96. The van der Waals surface area contributed by atoms with E-state index in [1.807, 2.05) is 58.9 Å². The number of hydrogen-bond acceptors (Lipinski definition) is 4. The molecule has 0 saturated heterocycles. The van der Waals surface area contributed by atoms with Gasteiger partial charge in [0.05, 0.1) is 10.6 Å². The fourth-order valence-corrected chi connectivity index (χ4v) is 5.90. The Morgan fingerprint density at radius 1 is 0.923 bits per heavy atom. The number of benzene rings is 3. The van der Waals surface area contributed by atoms with Crippen molar-refractivity contribution in [3.8, 4) is 0 Å². The summed E-state index contributed by atoms with van der Waals surface area (Å²) in [4.78, 5) is 29.0. The van der Waals surface area contributed by atoms with Crippen molar-refractivity contribution in [2.75, 3.05) is 10.8 Å². The molecular formula is C30H36BrN3O4S. The van der Waals surface area contributed by atoms with Crippen molar-refractivity contribution in [3.05, 3.63) is 94.5 Å². The molecule has 9 heteroatoms. The molecule has 0 aromatic heterocycles. The summed E-state index contributed by atoms with van der Waals surface area (Å²) in [5, 5.41) is 2.98. The van der Waals surface area contributed by atoms with E-state index in [0.717, 1.165) is 19.9 Å². The van der Waals surface area contributed by atoms with Crippen molar-refractivity contribution < 1.29 is 18.0 Å². The fraction of sp³-hybridized carbons (Fsp3) is 0.333. The van der Waals surface area contributed by atoms with Crippen molar-refractivity contribution in [1.82, 2.24) is 10.2 Å². The second-order valence-corrected chi connectivity index (χ2v) is 13.2. The summed E-state index contributed by atoms with van der Waals surface area (Å²) in [6.45, 7) is 9.14. The van der Waals surface area contributed by atoms with Gasteiger partial charge in [-0.3, -0.25) is 13.9 Å². The van der Waals surface area contributed by atoms with Gasteiger partial charge < -0.3 is 10.2 Å². The minimum absolute atomic E-state index is 0.0729. The minimum Gasteiger partial charge on any atom is -0.350 e. The Labute approximate surface area is 240 Å². The van der Waals surface area contributed by atoms with E-state index >= 15 is 0 Å². The van der Waals surface area contributed by atoms with E-state index in [1.54, 1.807) is 42.5 Å². The lowest BCUT2D eigenvalue weighted by molar-refractivity contribution is -0.141. The quantitative estimate of drug-likeness (QED) is 0.319. The van der Waals surface area contributed by atoms with Gasteiger partial charge in [-0.05, 0) is 81.6 Å². The Morgan fingerprint density at radius 3 is 2.08 bits per heavy atom. The predicted octanol–water partition coefficient (Wildman–Crippen LogP) is 5.67. The van der Waals surface area contributed by atoms with E-state index in [0.29, 0.717) is 12.1 Å². The van der Waals surface area contributed by atoms with Crippen molar-refractivity contribution in [2.24, 2.45) is 0 Å². The molecule has 0 aliphatic heterocycles. The third-order valence-corrected chi connectivity index (χ3v) is 8.53. The number of rotatable bonds is 10. The van der Waals surface area contributed by atoms with Crippen LogP contribution in [-0.2, 0) is 26.2 Å². The Bertz CT molecular complexity index is 1390. The highest BCUT2D eigenvalue weighted by molar-refractivity contribution is 9.10. The number of amides is 2. The van der Waals surface area contributed by atoms with Crippen LogP contribution < -0.4 is 9.62 Å². The van der Waals surface area contributed by atoms with Gasteiger partial charge in [0, 0.05) is 16.6 Å². The largest absolute Gasteiger partial charge is 0.350 e. The summed E-state index contributed by atoms with van der Waals surface area (Å²) in [5.41, 5.74) is 1.71. The van der Waals surface area contributed by atoms with Gasteiger partial charge >= 0.3 is 0 Å². The molecule has 1 atom stereocenters. The first-order valence-electron chi connectivity index (χ1n) is 12.8. The second-order valence-electron chi connectivity index (χ2n) is 10.4. The maximum absolute atomic E-state index is 14.1. The first-order chi connectivity index (χ1) is 18.3. The van der Waals surface area contributed by atoms with Crippen LogP contribution in [0.2, 0.25) is 0 Å². The smallest absolute Gasteiger partial charge is 0.264 e. The first kappa shape index (κ1) is 30.4. The molecule has 0 saturated carbocycles. The predicted molar refractivity (Wildman–Crippen MR) is 159 cm³/mol. The summed E-state index contributed by atoms with van der Waals surface area (Å²) >= 11 is 3.39. The van der Waals surface area contributed by atoms with Crippen LogP contribution in [0.4, 0.5) is 5.69 Å². The molecule has 3 aromatic rings. The normalized spacial score (nSPS) is 12.5. The SMILES string of the molecule is CC[C@@H](C(=O)NC(C)(C)C)N(Cc1ccccc1C)C(=O)CN(c1ccc(Br)cc1)S(=O)(=O)c1ccccc1. The van der Waals surface area contributed by atoms with Gasteiger partial charge in [0.25, 0.3) is 10.0 Å². The van der Waals surface area contributed by atoms with Gasteiger partial charge in [0.15, 0.2) is 0 Å². The molecule has 0 radical (unpaired) electrons. The number of nitrogens with one attached hydrogen (secondary N) is 1. The maximum Gasteiger partial charge on any atom is 0.264 e. The number of hydrogen-bond donors (Lipinski definition) is 1. The Morgan fingerprint density at radius 2 is 1.51 bits per heavy atom. The van der Waals surface area contributed by atoms with Crippen LogP contribution in [0, 0.1) is 6.92 Å². The molecule has 0 aliphatic carbocycles. The zero-order chi connectivity index (χ0) is 28.8. The monoisotopic (exact) mass is 613 g/mol. The van der Waals surface area contributed by atoms with Crippen LogP contribution >= 0.6 is 15.9 Å². The lowest BCUT2D eigenvalue weighted by atomic mass is 10.0. The molecule has 1 N–H and O–H groups in total. The molecule has 0 spiro atoms. The average molecular weight is 615 g/mol. The van der Waals surface area contributed by atoms with E-state index in [-0.39, 0.29) is 17.3 Å². The van der Waals surface area contributed by atoms with Gasteiger partial charge in [0.2, 0.25) is 11.8 Å². The second kappa shape index (κ2) is 12.8. The lowest BCUT2D eigenvalue weighted by Crippen LogP contribution is -2.55. The molecule has 0 bridgehead atoms. The van der Waals surface area contributed by atoms with Crippen LogP contribution in [-0.4, -0.2) is 43.3 Å². The molecular weight excluding hydrogens is 578 g/mol. The van der Waals surface area contributed by atoms with Crippen molar-refractivity contribution >= 4 is 43.5 Å². The number of carbonyl (C=O) groups excluding carboxylic acids is 2. The lowest BCUT2D eigenvalue weighted by Gasteiger charge is -2.35. The van der Waals surface area contributed by atoms with E-state index in [1.165, 1.54) is 17.0 Å². The van der Waals surface area contributed by atoms with Gasteiger partial charge in [-0.1, -0.05) is 65.3 Å². The Balaban J connectivity index is 2.07. The van der Waals surface area contributed by atoms with Gasteiger partial charge in [-0.2, -0.15) is 0 Å². The van der Waals surface area contributed by atoms with E-state index < -0.39 is 34.1 Å². The molecule has 0 aliphatic rings. The van der Waals surface area contributed by atoms with Crippen molar-refractivity contribution in [2.45, 2.75) is 64.1 Å². The molecule has 0 unspecified atom stereocenters. The fourth-order valence-electron chi connectivity index (χ4n) is 4.20. The highest BCUT2D eigenvalue weighted by Gasteiger charge is 2.34. The molecule has 7 nitrogen and oxygen atoms in total. The van der Waals surface area contributed by atoms with Crippen molar-refractivity contribution in [1.29, 1.82) is 0 Å². The van der Waals surface area contributed by atoms with Crippen LogP contribution in [0.25, 0.3) is 0 Å². The summed E-state index contributed by atoms with van der Waals surface area (Å²) in [6, 6.07) is 21.6. The molecule has 3 aromatic carbocycles. The highest BCUT2D eigenvalue weighted by atomic mass is 79.9. The molecule has 0 fully saturated rings. The standard InChI is InChI=1S/C30H36BrN3O4S/c1-6-27(29(36)32-30(3,4)5)33(20-23-13-11-10-12-22(23)2)28(35)21-34(25-18-16-24(31)17-19-25)39(37,38)26-14-8-7-9-15-26/h7-19,27H,6,20-21H2,1-5H3,(H,32,36)/t27-/m0/s1. The number of nitrogens with zero attached hydrogens (tertiary/aromatic N) is 2. The van der Waals surface area contributed by atoms with Crippen molar-refractivity contribution in [3.63, 3.8) is 0 Å². The summed E-state index contributed by atoms with van der Waals surface area (Å²) in [5.74, 6) is -0.760. The molecule has 3 rings (SSSR count). The molecule has 2 amide bonds. The van der Waals surface area contributed by atoms with Gasteiger partial charge in [-0.15, -0.1) is 0 Å². The third kappa shape index (κ3) is 7.92. The zero-order valence-electron chi connectivity index (χ0n) is 23.0. The number of carbonyl (C=O) groups is 2. The number of aryl methyl sites for hydroxylation is 1. The molecule has 208 valence electrons. The average Bonchev–Trinajstić information content (AvgIpc) is 2.88. The van der Waals surface area contributed by atoms with Crippen LogP contribution in [0.3, 0.4) is 0 Å². The first-order valence-corrected chi connectivity index (χ1v) is 15.1. The van der Waals surface area contributed by atoms with E-state index in [2.05, 4.69) is 21.2 Å². The third-order valence-electron chi connectivity index (χ3n) is 6.21. The Hall–Kier alpha value is -3.17. The van der Waals surface area contributed by atoms with Gasteiger partial charge in [-0.25, -0.2) is 8.42 Å². The summed E-state index contributed by atoms with van der Waals surface area (Å²) in [7, 11) is -4.09. The zero-order valence-corrected chi connectivity index (χ0v) is 25.4. The van der Waals surface area contributed by atoms with E-state index in [9.17, 15) is 18.0 Å². The topological polar surface area (TPSA) is 86.8 Å².